The van der Waals surface area contributed by atoms with Crippen molar-refractivity contribution in [3.05, 3.63) is 35.6 Å². The Balaban J connectivity index is 1.93. The standard InChI is InChI=1S/C16H24FNO2/c1-12(2)18-9-16(14-3-5-15(17)6-4-14)20-11-13-7-8-19-10-13/h3-6,12-13,16,18H,7-11H2,1-2H3. The summed E-state index contributed by atoms with van der Waals surface area (Å²) in [5.74, 6) is 0.269. The number of hydrogen-bond acceptors (Lipinski definition) is 3. The Morgan fingerprint density at radius 2 is 2.10 bits per heavy atom. The molecule has 2 unspecified atom stereocenters. The molecule has 1 N–H and O–H groups in total. The summed E-state index contributed by atoms with van der Waals surface area (Å²) in [7, 11) is 0. The Labute approximate surface area is 120 Å². The number of halogens is 1. The Bertz CT molecular complexity index is 388. The van der Waals surface area contributed by atoms with Crippen LogP contribution in [0.25, 0.3) is 0 Å². The Morgan fingerprint density at radius 3 is 2.70 bits per heavy atom. The average Bonchev–Trinajstić information content (AvgIpc) is 2.93. The molecule has 1 heterocycles. The van der Waals surface area contributed by atoms with Crippen molar-refractivity contribution in [2.75, 3.05) is 26.4 Å². The fourth-order valence-electron chi connectivity index (χ4n) is 2.26. The van der Waals surface area contributed by atoms with E-state index in [9.17, 15) is 4.39 Å². The minimum atomic E-state index is -0.214. The van der Waals surface area contributed by atoms with Crippen molar-refractivity contribution >= 4 is 0 Å². The molecular weight excluding hydrogens is 257 g/mol. The Hall–Kier alpha value is -0.970. The molecule has 2 atom stereocenters. The lowest BCUT2D eigenvalue weighted by atomic mass is 10.1. The fourth-order valence-corrected chi connectivity index (χ4v) is 2.26. The smallest absolute Gasteiger partial charge is 0.123 e. The van der Waals surface area contributed by atoms with Crippen LogP contribution in [-0.4, -0.2) is 32.4 Å². The Kier molecular flexibility index (Phi) is 5.95. The van der Waals surface area contributed by atoms with Crippen LogP contribution in [0.1, 0.15) is 31.9 Å². The van der Waals surface area contributed by atoms with Crippen molar-refractivity contribution in [2.45, 2.75) is 32.4 Å². The molecule has 1 aromatic rings. The van der Waals surface area contributed by atoms with E-state index in [1.54, 1.807) is 12.1 Å². The van der Waals surface area contributed by atoms with Gasteiger partial charge in [0.05, 0.1) is 19.3 Å². The van der Waals surface area contributed by atoms with Crippen LogP contribution in [0.4, 0.5) is 4.39 Å². The van der Waals surface area contributed by atoms with Gasteiger partial charge in [-0.1, -0.05) is 26.0 Å². The molecule has 1 aliphatic heterocycles. The zero-order valence-electron chi connectivity index (χ0n) is 12.3. The van der Waals surface area contributed by atoms with E-state index < -0.39 is 0 Å². The minimum Gasteiger partial charge on any atom is -0.381 e. The first kappa shape index (κ1) is 15.4. The van der Waals surface area contributed by atoms with Crippen LogP contribution < -0.4 is 5.32 Å². The monoisotopic (exact) mass is 281 g/mol. The maximum Gasteiger partial charge on any atom is 0.123 e. The molecule has 0 amide bonds. The fraction of sp³-hybridized carbons (Fsp3) is 0.625. The molecule has 0 bridgehead atoms. The molecule has 1 fully saturated rings. The molecule has 3 nitrogen and oxygen atoms in total. The number of nitrogens with one attached hydrogen (secondary N) is 1. The van der Waals surface area contributed by atoms with Gasteiger partial charge in [0.15, 0.2) is 0 Å². The van der Waals surface area contributed by atoms with Crippen molar-refractivity contribution in [1.29, 1.82) is 0 Å². The molecule has 20 heavy (non-hydrogen) atoms. The van der Waals surface area contributed by atoms with Crippen molar-refractivity contribution in [3.63, 3.8) is 0 Å². The molecule has 0 aliphatic carbocycles. The highest BCUT2D eigenvalue weighted by Gasteiger charge is 2.19. The Morgan fingerprint density at radius 1 is 1.35 bits per heavy atom. The third-order valence-electron chi connectivity index (χ3n) is 3.51. The van der Waals surface area contributed by atoms with Gasteiger partial charge in [0.1, 0.15) is 5.82 Å². The van der Waals surface area contributed by atoms with E-state index in [0.717, 1.165) is 31.7 Å². The molecule has 0 saturated carbocycles. The molecule has 1 saturated heterocycles. The van der Waals surface area contributed by atoms with E-state index in [4.69, 9.17) is 9.47 Å². The van der Waals surface area contributed by atoms with Crippen LogP contribution in [0.15, 0.2) is 24.3 Å². The second kappa shape index (κ2) is 7.72. The van der Waals surface area contributed by atoms with Gasteiger partial charge in [-0.2, -0.15) is 0 Å². The zero-order chi connectivity index (χ0) is 14.4. The van der Waals surface area contributed by atoms with Crippen LogP contribution in [-0.2, 0) is 9.47 Å². The lowest BCUT2D eigenvalue weighted by Gasteiger charge is -2.22. The number of ether oxygens (including phenoxy) is 2. The van der Waals surface area contributed by atoms with Crippen molar-refractivity contribution in [1.82, 2.24) is 5.32 Å². The van der Waals surface area contributed by atoms with E-state index in [2.05, 4.69) is 19.2 Å². The van der Waals surface area contributed by atoms with E-state index in [1.165, 1.54) is 12.1 Å². The van der Waals surface area contributed by atoms with Crippen LogP contribution in [0.5, 0.6) is 0 Å². The summed E-state index contributed by atoms with van der Waals surface area (Å²) in [6, 6.07) is 6.97. The van der Waals surface area contributed by atoms with Gasteiger partial charge < -0.3 is 14.8 Å². The SMILES string of the molecule is CC(C)NCC(OCC1CCOC1)c1ccc(F)cc1. The number of rotatable bonds is 7. The highest BCUT2D eigenvalue weighted by atomic mass is 19.1. The van der Waals surface area contributed by atoms with Crippen molar-refractivity contribution in [3.8, 4) is 0 Å². The van der Waals surface area contributed by atoms with Gasteiger partial charge in [-0.3, -0.25) is 0 Å². The first-order chi connectivity index (χ1) is 9.65. The first-order valence-electron chi connectivity index (χ1n) is 7.33. The molecule has 112 valence electrons. The quantitative estimate of drug-likeness (QED) is 0.833. The molecule has 0 spiro atoms. The normalized spacial score (nSPS) is 20.5. The number of benzene rings is 1. The second-order valence-corrected chi connectivity index (χ2v) is 5.67. The molecule has 1 aromatic carbocycles. The van der Waals surface area contributed by atoms with Gasteiger partial charge in [-0.15, -0.1) is 0 Å². The van der Waals surface area contributed by atoms with E-state index in [0.29, 0.717) is 18.6 Å². The van der Waals surface area contributed by atoms with Gasteiger partial charge in [-0.25, -0.2) is 4.39 Å². The van der Waals surface area contributed by atoms with Crippen LogP contribution >= 0.6 is 0 Å². The molecule has 0 aromatic heterocycles. The summed E-state index contributed by atoms with van der Waals surface area (Å²) in [4.78, 5) is 0. The molecule has 2 rings (SSSR count). The van der Waals surface area contributed by atoms with Crippen LogP contribution in [0.2, 0.25) is 0 Å². The topological polar surface area (TPSA) is 30.5 Å². The lowest BCUT2D eigenvalue weighted by Crippen LogP contribution is -2.30. The predicted molar refractivity (Wildman–Crippen MR) is 77.2 cm³/mol. The summed E-state index contributed by atoms with van der Waals surface area (Å²) in [6.45, 7) is 7.25. The highest BCUT2D eigenvalue weighted by molar-refractivity contribution is 5.19. The van der Waals surface area contributed by atoms with Gasteiger partial charge in [-0.05, 0) is 24.1 Å². The van der Waals surface area contributed by atoms with E-state index in [-0.39, 0.29) is 11.9 Å². The summed E-state index contributed by atoms with van der Waals surface area (Å²) in [5, 5.41) is 3.38. The predicted octanol–water partition coefficient (Wildman–Crippen LogP) is 2.92. The van der Waals surface area contributed by atoms with E-state index in [1.807, 2.05) is 0 Å². The number of hydrogen-bond donors (Lipinski definition) is 1. The average molecular weight is 281 g/mol. The van der Waals surface area contributed by atoms with Gasteiger partial charge in [0.25, 0.3) is 0 Å². The second-order valence-electron chi connectivity index (χ2n) is 5.67. The minimum absolute atomic E-state index is 0.0430. The van der Waals surface area contributed by atoms with Gasteiger partial charge in [0.2, 0.25) is 0 Å². The highest BCUT2D eigenvalue weighted by Crippen LogP contribution is 2.21. The van der Waals surface area contributed by atoms with Crippen molar-refractivity contribution in [2.24, 2.45) is 5.92 Å². The third-order valence-corrected chi connectivity index (χ3v) is 3.51. The summed E-state index contributed by atoms with van der Waals surface area (Å²) < 4.78 is 24.4. The van der Waals surface area contributed by atoms with E-state index >= 15 is 0 Å². The summed E-state index contributed by atoms with van der Waals surface area (Å²) in [5.41, 5.74) is 1.01. The maximum atomic E-state index is 13.0. The molecule has 4 heteroatoms. The summed E-state index contributed by atoms with van der Waals surface area (Å²) >= 11 is 0. The summed E-state index contributed by atoms with van der Waals surface area (Å²) in [6.07, 6.45) is 1.02. The molecule has 0 radical (unpaired) electrons. The van der Waals surface area contributed by atoms with Crippen LogP contribution in [0, 0.1) is 11.7 Å². The first-order valence-corrected chi connectivity index (χ1v) is 7.33. The molecular formula is C16H24FNO2. The van der Waals surface area contributed by atoms with Crippen LogP contribution in [0.3, 0.4) is 0 Å². The molecule has 1 aliphatic rings. The van der Waals surface area contributed by atoms with Crippen molar-refractivity contribution < 1.29 is 13.9 Å². The maximum absolute atomic E-state index is 13.0. The third kappa shape index (κ3) is 4.85. The lowest BCUT2D eigenvalue weighted by molar-refractivity contribution is 0.0244. The van der Waals surface area contributed by atoms with Gasteiger partial charge in [0, 0.05) is 25.1 Å². The van der Waals surface area contributed by atoms with Gasteiger partial charge >= 0.3 is 0 Å². The largest absolute Gasteiger partial charge is 0.381 e. The zero-order valence-corrected chi connectivity index (χ0v) is 12.3.